The second kappa shape index (κ2) is 5.31. The van der Waals surface area contributed by atoms with Crippen molar-refractivity contribution in [2.75, 3.05) is 7.11 Å². The summed E-state index contributed by atoms with van der Waals surface area (Å²) in [5.74, 6) is 0.839. The Balaban J connectivity index is 3.16. The van der Waals surface area contributed by atoms with Gasteiger partial charge in [-0.2, -0.15) is 0 Å². The number of rotatable bonds is 4. The van der Waals surface area contributed by atoms with Crippen LogP contribution in [-0.2, 0) is 11.2 Å². The van der Waals surface area contributed by atoms with E-state index < -0.39 is 0 Å². The first kappa shape index (κ1) is 12.2. The molecule has 0 radical (unpaired) electrons. The number of halogens is 1. The summed E-state index contributed by atoms with van der Waals surface area (Å²) in [4.78, 5) is 11.0. The zero-order valence-electron chi connectivity index (χ0n) is 9.21. The van der Waals surface area contributed by atoms with Crippen molar-refractivity contribution < 1.29 is 9.53 Å². The lowest BCUT2D eigenvalue weighted by atomic mass is 10.0. The maximum atomic E-state index is 11.3. The molecule has 1 atom stereocenters. The molecule has 0 bridgehead atoms. The lowest BCUT2D eigenvalue weighted by molar-refractivity contribution is -0.116. The van der Waals surface area contributed by atoms with Crippen LogP contribution in [0.25, 0.3) is 0 Å². The molecular formula is C12H15BrO2. The Hall–Kier alpha value is -0.830. The van der Waals surface area contributed by atoms with Crippen LogP contribution in [0.4, 0.5) is 0 Å². The summed E-state index contributed by atoms with van der Waals surface area (Å²) in [7, 11) is 1.62. The average molecular weight is 271 g/mol. The maximum absolute atomic E-state index is 11.3. The molecule has 0 aliphatic heterocycles. The molecule has 3 heteroatoms. The van der Waals surface area contributed by atoms with Gasteiger partial charge in [0.25, 0.3) is 0 Å². The van der Waals surface area contributed by atoms with Gasteiger partial charge in [-0.05, 0) is 25.0 Å². The second-order valence-electron chi connectivity index (χ2n) is 3.40. The molecular weight excluding hydrogens is 256 g/mol. The minimum atomic E-state index is -0.279. The van der Waals surface area contributed by atoms with Gasteiger partial charge in [0.1, 0.15) is 16.4 Å². The van der Waals surface area contributed by atoms with Crippen molar-refractivity contribution in [2.24, 2.45) is 0 Å². The van der Waals surface area contributed by atoms with Crippen molar-refractivity contribution in [2.45, 2.75) is 25.1 Å². The van der Waals surface area contributed by atoms with Gasteiger partial charge in [-0.1, -0.05) is 35.0 Å². The standard InChI is InChI=1S/C12H15BrO2/c1-4-9-5-6-11(15-3)10(7-9)12(13)8(2)14/h5-7,12H,4H2,1-3H3. The molecule has 1 aromatic carbocycles. The monoisotopic (exact) mass is 270 g/mol. The first-order valence-electron chi connectivity index (χ1n) is 4.91. The van der Waals surface area contributed by atoms with Crippen LogP contribution in [0.2, 0.25) is 0 Å². The predicted molar refractivity (Wildman–Crippen MR) is 64.7 cm³/mol. The highest BCUT2D eigenvalue weighted by Crippen LogP contribution is 2.32. The zero-order chi connectivity index (χ0) is 11.4. The third-order valence-electron chi connectivity index (χ3n) is 2.33. The van der Waals surface area contributed by atoms with Gasteiger partial charge in [0, 0.05) is 5.56 Å². The summed E-state index contributed by atoms with van der Waals surface area (Å²) in [6.07, 6.45) is 0.953. The molecule has 0 aliphatic rings. The van der Waals surface area contributed by atoms with Gasteiger partial charge in [-0.3, -0.25) is 4.79 Å². The SMILES string of the molecule is CCc1ccc(OC)c(C(Br)C(C)=O)c1. The largest absolute Gasteiger partial charge is 0.496 e. The van der Waals surface area contributed by atoms with E-state index in [0.717, 1.165) is 17.7 Å². The van der Waals surface area contributed by atoms with Crippen molar-refractivity contribution in [3.63, 3.8) is 0 Å². The van der Waals surface area contributed by atoms with E-state index in [-0.39, 0.29) is 10.6 Å². The second-order valence-corrected chi connectivity index (χ2v) is 4.32. The molecule has 1 aromatic rings. The molecule has 0 N–H and O–H groups in total. The summed E-state index contributed by atoms with van der Waals surface area (Å²) in [6.45, 7) is 3.65. The Morgan fingerprint density at radius 3 is 2.67 bits per heavy atom. The summed E-state index contributed by atoms with van der Waals surface area (Å²) in [5.41, 5.74) is 2.11. The number of alkyl halides is 1. The molecule has 0 fully saturated rings. The number of methoxy groups -OCH3 is 1. The molecule has 1 unspecified atom stereocenters. The number of hydrogen-bond donors (Lipinski definition) is 0. The van der Waals surface area contributed by atoms with Crippen LogP contribution in [0.1, 0.15) is 29.8 Å². The molecule has 0 aliphatic carbocycles. The van der Waals surface area contributed by atoms with Crippen LogP contribution >= 0.6 is 15.9 Å². The van der Waals surface area contributed by atoms with Crippen molar-refractivity contribution >= 4 is 21.7 Å². The topological polar surface area (TPSA) is 26.3 Å². The minimum Gasteiger partial charge on any atom is -0.496 e. The Bertz CT molecular complexity index is 361. The third kappa shape index (κ3) is 2.81. The first-order valence-corrected chi connectivity index (χ1v) is 5.83. The number of benzene rings is 1. The number of carbonyl (C=O) groups is 1. The van der Waals surface area contributed by atoms with E-state index in [4.69, 9.17) is 4.74 Å². The van der Waals surface area contributed by atoms with E-state index in [9.17, 15) is 4.79 Å². The summed E-state index contributed by atoms with van der Waals surface area (Å²) in [5, 5.41) is 0. The Labute approximate surface area is 98.8 Å². The summed E-state index contributed by atoms with van der Waals surface area (Å²) < 4.78 is 5.23. The van der Waals surface area contributed by atoms with Gasteiger partial charge in [0.2, 0.25) is 0 Å². The fourth-order valence-electron chi connectivity index (χ4n) is 1.42. The van der Waals surface area contributed by atoms with Gasteiger partial charge in [0.05, 0.1) is 7.11 Å². The number of ketones is 1. The fourth-order valence-corrected chi connectivity index (χ4v) is 1.78. The van der Waals surface area contributed by atoms with Gasteiger partial charge in [0.15, 0.2) is 0 Å². The van der Waals surface area contributed by atoms with E-state index in [1.54, 1.807) is 14.0 Å². The maximum Gasteiger partial charge on any atom is 0.147 e. The molecule has 0 aromatic heterocycles. The van der Waals surface area contributed by atoms with E-state index in [2.05, 4.69) is 22.9 Å². The molecule has 1 rings (SSSR count). The molecule has 0 spiro atoms. The molecule has 0 amide bonds. The lowest BCUT2D eigenvalue weighted by Crippen LogP contribution is -2.04. The smallest absolute Gasteiger partial charge is 0.147 e. The predicted octanol–water partition coefficient (Wildman–Crippen LogP) is 3.28. The van der Waals surface area contributed by atoms with E-state index in [1.807, 2.05) is 18.2 Å². The minimum absolute atomic E-state index is 0.0848. The summed E-state index contributed by atoms with van der Waals surface area (Å²) >= 11 is 3.38. The molecule has 0 saturated heterocycles. The Morgan fingerprint density at radius 2 is 2.20 bits per heavy atom. The zero-order valence-corrected chi connectivity index (χ0v) is 10.8. The van der Waals surface area contributed by atoms with Crippen molar-refractivity contribution in [3.05, 3.63) is 29.3 Å². The van der Waals surface area contributed by atoms with Crippen LogP contribution in [0, 0.1) is 0 Å². The highest BCUT2D eigenvalue weighted by atomic mass is 79.9. The van der Waals surface area contributed by atoms with Crippen LogP contribution in [0.15, 0.2) is 18.2 Å². The lowest BCUT2D eigenvalue weighted by Gasteiger charge is -2.13. The molecule has 82 valence electrons. The Kier molecular flexibility index (Phi) is 4.33. The highest BCUT2D eigenvalue weighted by molar-refractivity contribution is 9.09. The third-order valence-corrected chi connectivity index (χ3v) is 3.47. The Morgan fingerprint density at radius 1 is 1.53 bits per heavy atom. The normalized spacial score (nSPS) is 12.3. The van der Waals surface area contributed by atoms with Crippen molar-refractivity contribution in [1.82, 2.24) is 0 Å². The molecule has 0 saturated carbocycles. The summed E-state index contributed by atoms with van der Waals surface area (Å²) in [6, 6.07) is 5.94. The van der Waals surface area contributed by atoms with E-state index >= 15 is 0 Å². The number of ether oxygens (including phenoxy) is 1. The van der Waals surface area contributed by atoms with Gasteiger partial charge in [-0.15, -0.1) is 0 Å². The van der Waals surface area contributed by atoms with Crippen molar-refractivity contribution in [3.8, 4) is 5.75 Å². The van der Waals surface area contributed by atoms with E-state index in [0.29, 0.717) is 0 Å². The number of aryl methyl sites for hydroxylation is 1. The van der Waals surface area contributed by atoms with Crippen molar-refractivity contribution in [1.29, 1.82) is 0 Å². The number of carbonyl (C=O) groups excluding carboxylic acids is 1. The average Bonchev–Trinajstić information content (AvgIpc) is 2.27. The first-order chi connectivity index (χ1) is 7.10. The number of hydrogen-bond acceptors (Lipinski definition) is 2. The molecule has 2 nitrogen and oxygen atoms in total. The fraction of sp³-hybridized carbons (Fsp3) is 0.417. The number of Topliss-reactive ketones (excluding diaryl/α,β-unsaturated/α-hetero) is 1. The van der Waals surface area contributed by atoms with Crippen LogP contribution in [-0.4, -0.2) is 12.9 Å². The van der Waals surface area contributed by atoms with Gasteiger partial charge < -0.3 is 4.74 Å². The van der Waals surface area contributed by atoms with Crippen LogP contribution in [0.5, 0.6) is 5.75 Å². The van der Waals surface area contributed by atoms with Crippen LogP contribution < -0.4 is 4.74 Å². The molecule has 15 heavy (non-hydrogen) atoms. The van der Waals surface area contributed by atoms with E-state index in [1.165, 1.54) is 5.56 Å². The quantitative estimate of drug-likeness (QED) is 0.785. The van der Waals surface area contributed by atoms with Crippen LogP contribution in [0.3, 0.4) is 0 Å². The van der Waals surface area contributed by atoms with Gasteiger partial charge >= 0.3 is 0 Å². The van der Waals surface area contributed by atoms with Gasteiger partial charge in [-0.25, -0.2) is 0 Å². The highest BCUT2D eigenvalue weighted by Gasteiger charge is 2.17. The molecule has 0 heterocycles.